The Balaban J connectivity index is 2.27. The van der Waals surface area contributed by atoms with E-state index in [0.29, 0.717) is 0 Å². The molecule has 1 aromatic rings. The van der Waals surface area contributed by atoms with E-state index in [-0.39, 0.29) is 20.8 Å². The summed E-state index contributed by atoms with van der Waals surface area (Å²) in [5.41, 5.74) is 0.0784. The summed E-state index contributed by atoms with van der Waals surface area (Å²) in [6.07, 6.45) is 0. The van der Waals surface area contributed by atoms with Gasteiger partial charge in [0.15, 0.2) is 17.5 Å². The summed E-state index contributed by atoms with van der Waals surface area (Å²) in [6.45, 7) is 0. The molecule has 0 atom stereocenters. The molecule has 0 amide bonds. The Morgan fingerprint density at radius 3 is 2.07 bits per heavy atom. The van der Waals surface area contributed by atoms with Gasteiger partial charge in [0, 0.05) is 0 Å². The molecule has 2 rings (SSSR count). The van der Waals surface area contributed by atoms with E-state index in [0.717, 1.165) is 12.1 Å². The van der Waals surface area contributed by atoms with E-state index in [4.69, 9.17) is 13.7 Å². The predicted molar refractivity (Wildman–Crippen MR) is 49.3 cm³/mol. The van der Waals surface area contributed by atoms with Gasteiger partial charge in [0.05, 0.1) is 0 Å². The Hall–Kier alpha value is -0.915. The fraction of sp³-hybridized carbons (Fsp3) is 0. The second-order valence-corrected chi connectivity index (χ2v) is 2.90. The maximum absolute atomic E-state index is 12.8. The SMILES string of the molecule is Fc1cc(B2OBOBO2)cc(F)c1F. The number of benzene rings is 1. The molecule has 76 valence electrons. The number of hydrogen-bond donors (Lipinski definition) is 0. The normalized spacial score (nSPS) is 15.8. The standard InChI is InChI=1S/C6H4B3F3O3/c10-4-1-3(2-5(11)6(4)12)9-14-7-13-8-15-9/h1-2,7-8H. The van der Waals surface area contributed by atoms with Crippen LogP contribution in [0.3, 0.4) is 0 Å². The van der Waals surface area contributed by atoms with Crippen LogP contribution < -0.4 is 5.46 Å². The van der Waals surface area contributed by atoms with Gasteiger partial charge in [-0.05, 0) is 17.6 Å². The molecule has 0 N–H and O–H groups in total. The van der Waals surface area contributed by atoms with Crippen LogP contribution in [0.4, 0.5) is 13.2 Å². The molecule has 1 saturated heterocycles. The van der Waals surface area contributed by atoms with E-state index < -0.39 is 24.6 Å². The van der Waals surface area contributed by atoms with Crippen LogP contribution in [-0.4, -0.2) is 22.5 Å². The van der Waals surface area contributed by atoms with Gasteiger partial charge in [0.25, 0.3) is 0 Å². The molecule has 1 aromatic carbocycles. The Morgan fingerprint density at radius 1 is 1.00 bits per heavy atom. The smallest absolute Gasteiger partial charge is 0.458 e. The minimum absolute atomic E-state index is 0.0364. The second-order valence-electron chi connectivity index (χ2n) is 2.90. The van der Waals surface area contributed by atoms with Gasteiger partial charge >= 0.3 is 22.5 Å². The van der Waals surface area contributed by atoms with Crippen LogP contribution in [0.5, 0.6) is 0 Å². The maximum atomic E-state index is 12.8. The summed E-state index contributed by atoms with van der Waals surface area (Å²) >= 11 is 0. The van der Waals surface area contributed by atoms with Crippen molar-refractivity contribution in [2.45, 2.75) is 0 Å². The van der Waals surface area contributed by atoms with Crippen molar-refractivity contribution in [1.29, 1.82) is 0 Å². The molecule has 3 nitrogen and oxygen atoms in total. The van der Waals surface area contributed by atoms with Gasteiger partial charge < -0.3 is 13.7 Å². The van der Waals surface area contributed by atoms with Gasteiger partial charge in [-0.2, -0.15) is 0 Å². The van der Waals surface area contributed by atoms with E-state index in [1.807, 2.05) is 0 Å². The summed E-state index contributed by atoms with van der Waals surface area (Å²) in [6, 6.07) is 1.66. The van der Waals surface area contributed by atoms with Gasteiger partial charge in [-0.1, -0.05) is 0 Å². The van der Waals surface area contributed by atoms with Gasteiger partial charge in [-0.15, -0.1) is 0 Å². The third-order valence-electron chi connectivity index (χ3n) is 1.88. The largest absolute Gasteiger partial charge is 0.466 e. The predicted octanol–water partition coefficient (Wildman–Crippen LogP) is -0.605. The summed E-state index contributed by atoms with van der Waals surface area (Å²) in [7, 11) is -1.00. The highest BCUT2D eigenvalue weighted by Crippen LogP contribution is 2.09. The number of hydrogen-bond acceptors (Lipinski definition) is 3. The first-order valence-electron chi connectivity index (χ1n) is 4.14. The zero-order chi connectivity index (χ0) is 10.8. The molecular formula is C6H4B3F3O3. The Kier molecular flexibility index (Phi) is 3.04. The molecule has 1 fully saturated rings. The quantitative estimate of drug-likeness (QED) is 0.460. The number of halogens is 3. The van der Waals surface area contributed by atoms with Crippen molar-refractivity contribution in [1.82, 2.24) is 0 Å². The molecule has 0 spiro atoms. The number of rotatable bonds is 1. The molecule has 0 bridgehead atoms. The first-order valence-corrected chi connectivity index (χ1v) is 4.14. The lowest BCUT2D eigenvalue weighted by Crippen LogP contribution is -2.44. The molecule has 1 heterocycles. The second kappa shape index (κ2) is 4.30. The summed E-state index contributed by atoms with van der Waals surface area (Å²) in [4.78, 5) is 0. The molecular weight excluding hydrogens is 209 g/mol. The van der Waals surface area contributed by atoms with E-state index in [1.54, 1.807) is 0 Å². The highest BCUT2D eigenvalue weighted by molar-refractivity contribution is 6.71. The average Bonchev–Trinajstić information content (AvgIpc) is 2.26. The van der Waals surface area contributed by atoms with Crippen molar-refractivity contribution in [2.24, 2.45) is 0 Å². The van der Waals surface area contributed by atoms with Crippen molar-refractivity contribution in [3.63, 3.8) is 0 Å². The zero-order valence-corrected chi connectivity index (χ0v) is 7.50. The molecule has 0 aromatic heterocycles. The van der Waals surface area contributed by atoms with Crippen LogP contribution in [0, 0.1) is 17.5 Å². The third-order valence-corrected chi connectivity index (χ3v) is 1.88. The first kappa shape index (κ1) is 10.6. The van der Waals surface area contributed by atoms with Crippen LogP contribution in [-0.2, 0) is 13.7 Å². The van der Waals surface area contributed by atoms with E-state index in [2.05, 4.69) is 0 Å². The zero-order valence-electron chi connectivity index (χ0n) is 7.50. The highest BCUT2D eigenvalue weighted by atomic mass is 19.2. The molecule has 0 radical (unpaired) electrons. The molecule has 0 unspecified atom stereocenters. The summed E-state index contributed by atoms with van der Waals surface area (Å²) in [5, 5.41) is 0. The minimum Gasteiger partial charge on any atom is -0.458 e. The van der Waals surface area contributed by atoms with Crippen LogP contribution >= 0.6 is 0 Å². The van der Waals surface area contributed by atoms with Gasteiger partial charge in [-0.3, -0.25) is 0 Å². The highest BCUT2D eigenvalue weighted by Gasteiger charge is 2.27. The van der Waals surface area contributed by atoms with Crippen LogP contribution in [0.1, 0.15) is 0 Å². The molecule has 1 aliphatic heterocycles. The Bertz CT molecular complexity index is 349. The topological polar surface area (TPSA) is 27.7 Å². The Morgan fingerprint density at radius 2 is 1.53 bits per heavy atom. The van der Waals surface area contributed by atoms with Crippen LogP contribution in [0.2, 0.25) is 0 Å². The van der Waals surface area contributed by atoms with Crippen LogP contribution in [0.25, 0.3) is 0 Å². The maximum Gasteiger partial charge on any atom is 0.466 e. The monoisotopic (exact) mass is 214 g/mol. The van der Waals surface area contributed by atoms with Gasteiger partial charge in [-0.25, -0.2) is 13.2 Å². The molecule has 0 aliphatic carbocycles. The average molecular weight is 214 g/mol. The fourth-order valence-electron chi connectivity index (χ4n) is 1.21. The molecule has 1 aliphatic rings. The van der Waals surface area contributed by atoms with E-state index in [9.17, 15) is 13.2 Å². The van der Waals surface area contributed by atoms with Crippen molar-refractivity contribution < 1.29 is 26.9 Å². The van der Waals surface area contributed by atoms with Crippen LogP contribution in [0.15, 0.2) is 12.1 Å². The van der Waals surface area contributed by atoms with E-state index in [1.165, 1.54) is 0 Å². The van der Waals surface area contributed by atoms with Gasteiger partial charge in [0.1, 0.15) is 0 Å². The lowest BCUT2D eigenvalue weighted by Gasteiger charge is -2.19. The molecule has 15 heavy (non-hydrogen) atoms. The third kappa shape index (κ3) is 2.19. The summed E-state index contributed by atoms with van der Waals surface area (Å²) < 4.78 is 52.8. The lowest BCUT2D eigenvalue weighted by atomic mass is 9.75. The Labute approximate surface area is 85.3 Å². The van der Waals surface area contributed by atoms with Gasteiger partial charge in [0.2, 0.25) is 0 Å². The minimum atomic E-state index is -1.51. The fourth-order valence-corrected chi connectivity index (χ4v) is 1.21. The molecule has 9 heteroatoms. The summed E-state index contributed by atoms with van der Waals surface area (Å²) in [5.74, 6) is -4.06. The molecule has 0 saturated carbocycles. The van der Waals surface area contributed by atoms with E-state index >= 15 is 0 Å². The van der Waals surface area contributed by atoms with Crippen molar-refractivity contribution >= 4 is 28.0 Å². The van der Waals surface area contributed by atoms with Crippen molar-refractivity contribution in [3.8, 4) is 0 Å². The van der Waals surface area contributed by atoms with Crippen molar-refractivity contribution in [2.75, 3.05) is 0 Å². The lowest BCUT2D eigenvalue weighted by molar-refractivity contribution is 0.333. The first-order chi connectivity index (χ1) is 7.18. The van der Waals surface area contributed by atoms with Crippen molar-refractivity contribution in [3.05, 3.63) is 29.6 Å².